The van der Waals surface area contributed by atoms with Crippen LogP contribution in [-0.4, -0.2) is 68.6 Å². The highest BCUT2D eigenvalue weighted by atomic mass is 16.4. The van der Waals surface area contributed by atoms with Gasteiger partial charge in [0.25, 0.3) is 11.5 Å². The molecule has 1 aromatic heterocycles. The van der Waals surface area contributed by atoms with E-state index in [4.69, 9.17) is 10.2 Å². The second-order valence-corrected chi connectivity index (χ2v) is 9.87. The van der Waals surface area contributed by atoms with Crippen molar-refractivity contribution in [2.75, 3.05) is 26.2 Å². The number of piperidine rings is 1. The van der Waals surface area contributed by atoms with Gasteiger partial charge in [-0.1, -0.05) is 36.4 Å². The van der Waals surface area contributed by atoms with Crippen LogP contribution in [0.3, 0.4) is 0 Å². The van der Waals surface area contributed by atoms with Crippen molar-refractivity contribution >= 4 is 28.7 Å². The average molecular weight is 532 g/mol. The van der Waals surface area contributed by atoms with Crippen molar-refractivity contribution in [2.45, 2.75) is 32.4 Å². The first kappa shape index (κ1) is 27.8. The molecule has 3 heterocycles. The number of hydrogen-bond donors (Lipinski definition) is 2. The van der Waals surface area contributed by atoms with Crippen LogP contribution in [0.5, 0.6) is 0 Å². The zero-order valence-electron chi connectivity index (χ0n) is 21.7. The molecule has 0 unspecified atom stereocenters. The third-order valence-electron chi connectivity index (χ3n) is 7.21. The third-order valence-corrected chi connectivity index (χ3v) is 7.21. The Labute approximate surface area is 226 Å². The molecular weight excluding hydrogens is 498 g/mol. The number of pyridine rings is 1. The van der Waals surface area contributed by atoms with Crippen LogP contribution < -0.4 is 5.56 Å². The van der Waals surface area contributed by atoms with Gasteiger partial charge in [-0.3, -0.25) is 9.59 Å². The van der Waals surface area contributed by atoms with Crippen molar-refractivity contribution < 1.29 is 24.6 Å². The summed E-state index contributed by atoms with van der Waals surface area (Å²) in [5.41, 5.74) is 3.14. The highest BCUT2D eigenvalue weighted by Gasteiger charge is 2.30. The summed E-state index contributed by atoms with van der Waals surface area (Å²) >= 11 is 0. The van der Waals surface area contributed by atoms with Crippen LogP contribution >= 0.6 is 0 Å². The summed E-state index contributed by atoms with van der Waals surface area (Å²) in [6.45, 7) is 5.53. The Bertz CT molecular complexity index is 1410. The molecule has 2 aromatic carbocycles. The van der Waals surface area contributed by atoms with E-state index in [9.17, 15) is 19.2 Å². The van der Waals surface area contributed by atoms with Crippen molar-refractivity contribution in [3.8, 4) is 0 Å². The predicted octanol–water partition coefficient (Wildman–Crippen LogP) is 3.47. The SMILES string of the molecule is O=C(O)/C=C/C(=O)O.O=C1c2ccccc2CN1CC1CCN(CCCn2c(=O)ccc3ccccc32)CC1. The van der Waals surface area contributed by atoms with Crippen LogP contribution in [0.4, 0.5) is 0 Å². The van der Waals surface area contributed by atoms with E-state index in [1.165, 1.54) is 0 Å². The monoisotopic (exact) mass is 531 g/mol. The van der Waals surface area contributed by atoms with Crippen LogP contribution in [0.2, 0.25) is 0 Å². The number of carboxylic acid groups (broad SMARTS) is 2. The topological polar surface area (TPSA) is 120 Å². The minimum Gasteiger partial charge on any atom is -0.478 e. The summed E-state index contributed by atoms with van der Waals surface area (Å²) in [6.07, 6.45) is 4.35. The van der Waals surface area contributed by atoms with Crippen LogP contribution in [0.1, 0.15) is 35.2 Å². The second-order valence-electron chi connectivity index (χ2n) is 9.87. The van der Waals surface area contributed by atoms with Crippen LogP contribution in [0.25, 0.3) is 10.9 Å². The molecule has 2 N–H and O–H groups in total. The van der Waals surface area contributed by atoms with Gasteiger partial charge >= 0.3 is 11.9 Å². The predicted molar refractivity (Wildman–Crippen MR) is 148 cm³/mol. The number of carboxylic acids is 2. The number of carbonyl (C=O) groups is 3. The molecular formula is C30H33N3O6. The lowest BCUT2D eigenvalue weighted by Gasteiger charge is -2.33. The lowest BCUT2D eigenvalue weighted by molar-refractivity contribution is -0.134. The molecule has 0 saturated carbocycles. The summed E-state index contributed by atoms with van der Waals surface area (Å²) in [7, 11) is 0. The minimum absolute atomic E-state index is 0.0775. The molecule has 3 aromatic rings. The molecule has 9 nitrogen and oxygen atoms in total. The number of amides is 1. The number of aromatic nitrogens is 1. The maximum absolute atomic E-state index is 12.6. The Morgan fingerprint density at radius 2 is 1.51 bits per heavy atom. The maximum atomic E-state index is 12.6. The Balaban J connectivity index is 0.000000386. The summed E-state index contributed by atoms with van der Waals surface area (Å²) in [4.78, 5) is 48.6. The van der Waals surface area contributed by atoms with Gasteiger partial charge in [0.2, 0.25) is 0 Å². The number of carbonyl (C=O) groups excluding carboxylic acids is 1. The molecule has 9 heteroatoms. The Hall–Kier alpha value is -4.24. The van der Waals surface area contributed by atoms with E-state index in [0.717, 1.165) is 80.6 Å². The number of para-hydroxylation sites is 1. The molecule has 5 rings (SSSR count). The molecule has 0 bridgehead atoms. The van der Waals surface area contributed by atoms with Crippen molar-refractivity contribution in [3.63, 3.8) is 0 Å². The van der Waals surface area contributed by atoms with Gasteiger partial charge in [-0.25, -0.2) is 9.59 Å². The third kappa shape index (κ3) is 7.42. The Morgan fingerprint density at radius 1 is 0.846 bits per heavy atom. The van der Waals surface area contributed by atoms with Gasteiger partial charge in [0.05, 0.1) is 5.52 Å². The number of rotatable bonds is 8. The van der Waals surface area contributed by atoms with E-state index < -0.39 is 11.9 Å². The first-order valence-electron chi connectivity index (χ1n) is 13.1. The Kier molecular flexibility index (Phi) is 9.27. The quantitative estimate of drug-likeness (QED) is 0.427. The highest BCUT2D eigenvalue weighted by Crippen LogP contribution is 2.26. The average Bonchev–Trinajstić information content (AvgIpc) is 3.25. The smallest absolute Gasteiger partial charge is 0.328 e. The first-order chi connectivity index (χ1) is 18.8. The first-order valence-corrected chi connectivity index (χ1v) is 13.1. The summed E-state index contributed by atoms with van der Waals surface area (Å²) in [6, 6.07) is 19.6. The van der Waals surface area contributed by atoms with E-state index in [2.05, 4.69) is 17.0 Å². The molecule has 39 heavy (non-hydrogen) atoms. The molecule has 204 valence electrons. The number of benzene rings is 2. The number of likely N-dealkylation sites (tertiary alicyclic amines) is 1. The zero-order chi connectivity index (χ0) is 27.8. The van der Waals surface area contributed by atoms with E-state index in [1.54, 1.807) is 6.07 Å². The van der Waals surface area contributed by atoms with E-state index in [-0.39, 0.29) is 11.5 Å². The summed E-state index contributed by atoms with van der Waals surface area (Å²) in [5, 5.41) is 16.7. The molecule has 1 amide bonds. The normalized spacial score (nSPS) is 15.8. The van der Waals surface area contributed by atoms with Gasteiger partial charge in [-0.15, -0.1) is 0 Å². The van der Waals surface area contributed by atoms with E-state index in [1.807, 2.05) is 51.9 Å². The van der Waals surface area contributed by atoms with Crippen molar-refractivity contribution in [2.24, 2.45) is 5.92 Å². The molecule has 1 saturated heterocycles. The van der Waals surface area contributed by atoms with Crippen molar-refractivity contribution in [1.29, 1.82) is 0 Å². The molecule has 2 aliphatic rings. The molecule has 0 aliphatic carbocycles. The maximum Gasteiger partial charge on any atom is 0.328 e. The van der Waals surface area contributed by atoms with E-state index >= 15 is 0 Å². The van der Waals surface area contributed by atoms with Gasteiger partial charge < -0.3 is 24.6 Å². The molecule has 0 spiro atoms. The van der Waals surface area contributed by atoms with Crippen LogP contribution in [0.15, 0.2) is 77.6 Å². The Morgan fingerprint density at radius 3 is 2.21 bits per heavy atom. The number of fused-ring (bicyclic) bond motifs is 2. The second kappa shape index (κ2) is 13.0. The van der Waals surface area contributed by atoms with Crippen LogP contribution in [-0.2, 0) is 22.7 Å². The van der Waals surface area contributed by atoms with E-state index in [0.29, 0.717) is 18.1 Å². The summed E-state index contributed by atoms with van der Waals surface area (Å²) in [5.74, 6) is -1.74. The van der Waals surface area contributed by atoms with Crippen molar-refractivity contribution in [3.05, 3.63) is 94.3 Å². The van der Waals surface area contributed by atoms with Gasteiger partial charge in [0, 0.05) is 43.4 Å². The minimum atomic E-state index is -1.26. The molecule has 0 atom stereocenters. The number of aliphatic carboxylic acids is 2. The fraction of sp³-hybridized carbons (Fsp3) is 0.333. The van der Waals surface area contributed by atoms with Crippen LogP contribution in [0, 0.1) is 5.92 Å². The van der Waals surface area contributed by atoms with Gasteiger partial charge in [-0.2, -0.15) is 0 Å². The summed E-state index contributed by atoms with van der Waals surface area (Å²) < 4.78 is 1.90. The lowest BCUT2D eigenvalue weighted by atomic mass is 9.96. The molecule has 1 fully saturated rings. The van der Waals surface area contributed by atoms with Gasteiger partial charge in [0.15, 0.2) is 0 Å². The number of nitrogens with zero attached hydrogens (tertiary/aromatic N) is 3. The highest BCUT2D eigenvalue weighted by molar-refractivity contribution is 5.98. The lowest BCUT2D eigenvalue weighted by Crippen LogP contribution is -2.39. The largest absolute Gasteiger partial charge is 0.478 e. The number of hydrogen-bond acceptors (Lipinski definition) is 5. The fourth-order valence-corrected chi connectivity index (χ4v) is 5.24. The zero-order valence-corrected chi connectivity index (χ0v) is 21.7. The van der Waals surface area contributed by atoms with Gasteiger partial charge in [-0.05, 0) is 74.0 Å². The van der Waals surface area contributed by atoms with Gasteiger partial charge in [0.1, 0.15) is 0 Å². The molecule has 2 aliphatic heterocycles. The fourth-order valence-electron chi connectivity index (χ4n) is 5.24. The number of aryl methyl sites for hydroxylation is 1. The molecule has 0 radical (unpaired) electrons. The standard InChI is InChI=1S/C26H29N3O2.C4H4O4/c30-25-11-10-21-6-2-4-9-24(21)29(25)15-5-14-27-16-12-20(13-17-27)18-28-19-22-7-1-3-8-23(22)26(28)31;5-3(6)1-2-4(7)8/h1-4,6-11,20H,5,12-19H2;1-2H,(H,5,6)(H,7,8)/b;2-1+. The van der Waals surface area contributed by atoms with Crippen molar-refractivity contribution in [1.82, 2.24) is 14.4 Å².